The largest absolute Gasteiger partial charge is 0.332 e. The van der Waals surface area contributed by atoms with E-state index in [9.17, 15) is 14.0 Å². The number of imidazole rings is 1. The first-order chi connectivity index (χ1) is 13.5. The topological polar surface area (TPSA) is 77.1 Å². The van der Waals surface area contributed by atoms with Crippen LogP contribution in [0.1, 0.15) is 11.6 Å². The monoisotopic (exact) mass is 386 g/mol. The molecule has 8 nitrogen and oxygen atoms in total. The second-order valence-corrected chi connectivity index (χ2v) is 7.13. The van der Waals surface area contributed by atoms with E-state index in [0.717, 1.165) is 29.8 Å². The summed E-state index contributed by atoms with van der Waals surface area (Å²) in [4.78, 5) is 31.2. The second-order valence-electron chi connectivity index (χ2n) is 7.13. The lowest BCUT2D eigenvalue weighted by Crippen LogP contribution is -2.47. The molecular weight excluding hydrogens is 363 g/mol. The maximum Gasteiger partial charge on any atom is 0.332 e. The Kier molecular flexibility index (Phi) is 4.86. The Morgan fingerprint density at radius 1 is 1.21 bits per heavy atom. The number of aromatic nitrogens is 4. The average Bonchev–Trinajstić information content (AvgIpc) is 3.13. The summed E-state index contributed by atoms with van der Waals surface area (Å²) in [6.45, 7) is 3.65. The van der Waals surface area contributed by atoms with Gasteiger partial charge in [0.15, 0.2) is 11.2 Å². The Bertz CT molecular complexity index is 1130. The van der Waals surface area contributed by atoms with Crippen molar-refractivity contribution in [1.82, 2.24) is 28.9 Å². The number of benzene rings is 1. The predicted octanol–water partition coefficient (Wildman–Crippen LogP) is 0.219. The van der Waals surface area contributed by atoms with Gasteiger partial charge in [-0.25, -0.2) is 14.2 Å². The minimum Gasteiger partial charge on any atom is -0.323 e. The van der Waals surface area contributed by atoms with Crippen molar-refractivity contribution in [3.63, 3.8) is 0 Å². The van der Waals surface area contributed by atoms with Gasteiger partial charge in [-0.05, 0) is 17.7 Å². The van der Waals surface area contributed by atoms with Crippen LogP contribution in [0.3, 0.4) is 0 Å². The number of aryl methyl sites for hydroxylation is 1. The van der Waals surface area contributed by atoms with E-state index in [0.29, 0.717) is 24.3 Å². The van der Waals surface area contributed by atoms with Crippen molar-refractivity contribution in [2.45, 2.75) is 12.6 Å². The fourth-order valence-corrected chi connectivity index (χ4v) is 3.86. The Morgan fingerprint density at radius 2 is 2.04 bits per heavy atom. The van der Waals surface area contributed by atoms with Crippen LogP contribution in [0.2, 0.25) is 0 Å². The van der Waals surface area contributed by atoms with E-state index in [-0.39, 0.29) is 17.4 Å². The van der Waals surface area contributed by atoms with Gasteiger partial charge in [-0.2, -0.15) is 0 Å². The molecule has 1 saturated heterocycles. The van der Waals surface area contributed by atoms with Gasteiger partial charge in [0.05, 0.1) is 6.33 Å². The van der Waals surface area contributed by atoms with Crippen molar-refractivity contribution in [3.05, 3.63) is 62.8 Å². The highest BCUT2D eigenvalue weighted by molar-refractivity contribution is 5.69. The third-order valence-electron chi connectivity index (χ3n) is 5.43. The fourth-order valence-electron chi connectivity index (χ4n) is 3.86. The van der Waals surface area contributed by atoms with Crippen molar-refractivity contribution in [3.8, 4) is 0 Å². The number of rotatable bonds is 4. The molecule has 0 aliphatic carbocycles. The third kappa shape index (κ3) is 3.16. The van der Waals surface area contributed by atoms with Gasteiger partial charge >= 0.3 is 5.69 Å². The lowest BCUT2D eigenvalue weighted by atomic mass is 10.0. The van der Waals surface area contributed by atoms with Crippen LogP contribution < -0.4 is 16.6 Å². The highest BCUT2D eigenvalue weighted by Crippen LogP contribution is 2.23. The molecule has 1 aliphatic heterocycles. The van der Waals surface area contributed by atoms with Crippen LogP contribution in [0.4, 0.5) is 4.39 Å². The molecule has 0 radical (unpaired) electrons. The van der Waals surface area contributed by atoms with Crippen molar-refractivity contribution in [1.29, 1.82) is 0 Å². The standard InChI is InChI=1S/C19H23FN6O2/c1-23-17-16(18(27)24(2)19(23)28)26(12-22-17)9-8-25-7-6-21-11-15(25)13-4-3-5-14(20)10-13/h3-5,10,12,15,21H,6-9,11H2,1-2H3. The summed E-state index contributed by atoms with van der Waals surface area (Å²) in [5.74, 6) is -0.243. The summed E-state index contributed by atoms with van der Waals surface area (Å²) in [5, 5.41) is 3.36. The van der Waals surface area contributed by atoms with Crippen molar-refractivity contribution in [2.75, 3.05) is 26.2 Å². The number of piperazine rings is 1. The van der Waals surface area contributed by atoms with Crippen LogP contribution in [0.5, 0.6) is 0 Å². The van der Waals surface area contributed by atoms with E-state index in [1.807, 2.05) is 6.07 Å². The van der Waals surface area contributed by atoms with E-state index in [1.54, 1.807) is 30.1 Å². The zero-order valence-corrected chi connectivity index (χ0v) is 15.9. The minimum absolute atomic E-state index is 0.0615. The van der Waals surface area contributed by atoms with Gasteiger partial charge < -0.3 is 9.88 Å². The van der Waals surface area contributed by atoms with Crippen molar-refractivity contribution < 1.29 is 4.39 Å². The van der Waals surface area contributed by atoms with Crippen LogP contribution >= 0.6 is 0 Å². The molecule has 3 heterocycles. The number of hydrogen-bond donors (Lipinski definition) is 1. The summed E-state index contributed by atoms with van der Waals surface area (Å²) in [5.41, 5.74) is 0.992. The molecule has 1 unspecified atom stereocenters. The summed E-state index contributed by atoms with van der Waals surface area (Å²) < 4.78 is 17.9. The third-order valence-corrected chi connectivity index (χ3v) is 5.43. The Balaban J connectivity index is 1.61. The molecule has 1 N–H and O–H groups in total. The second kappa shape index (κ2) is 7.33. The molecule has 0 saturated carbocycles. The maximum absolute atomic E-state index is 13.7. The molecule has 148 valence electrons. The molecule has 1 aromatic carbocycles. The molecule has 0 spiro atoms. The van der Waals surface area contributed by atoms with Gasteiger partial charge in [0.25, 0.3) is 5.56 Å². The molecule has 1 fully saturated rings. The molecule has 1 aliphatic rings. The smallest absolute Gasteiger partial charge is 0.323 e. The fraction of sp³-hybridized carbons (Fsp3) is 0.421. The Morgan fingerprint density at radius 3 is 2.82 bits per heavy atom. The lowest BCUT2D eigenvalue weighted by molar-refractivity contribution is 0.156. The predicted molar refractivity (Wildman–Crippen MR) is 104 cm³/mol. The van der Waals surface area contributed by atoms with Gasteiger partial charge in [0.2, 0.25) is 0 Å². The molecule has 28 heavy (non-hydrogen) atoms. The zero-order valence-electron chi connectivity index (χ0n) is 15.9. The Labute approximate surface area is 160 Å². The van der Waals surface area contributed by atoms with Gasteiger partial charge in [0.1, 0.15) is 5.82 Å². The highest BCUT2D eigenvalue weighted by atomic mass is 19.1. The maximum atomic E-state index is 13.7. The SMILES string of the molecule is Cn1c(=O)c2c(ncn2CCN2CCNCC2c2cccc(F)c2)n(C)c1=O. The molecule has 9 heteroatoms. The summed E-state index contributed by atoms with van der Waals surface area (Å²) in [6, 6.07) is 6.74. The van der Waals surface area contributed by atoms with Crippen LogP contribution in [-0.2, 0) is 20.6 Å². The number of fused-ring (bicyclic) bond motifs is 1. The molecule has 0 amide bonds. The van der Waals surface area contributed by atoms with E-state index in [4.69, 9.17) is 0 Å². The molecule has 0 bridgehead atoms. The van der Waals surface area contributed by atoms with Gasteiger partial charge in [-0.1, -0.05) is 12.1 Å². The molecule has 1 atom stereocenters. The average molecular weight is 386 g/mol. The number of nitrogens with zero attached hydrogens (tertiary/aromatic N) is 5. The van der Waals surface area contributed by atoms with Crippen LogP contribution in [0.25, 0.3) is 11.2 Å². The molecular formula is C19H23FN6O2. The van der Waals surface area contributed by atoms with E-state index < -0.39 is 5.69 Å². The van der Waals surface area contributed by atoms with Gasteiger partial charge in [0, 0.05) is 52.9 Å². The normalized spacial score (nSPS) is 18.0. The zero-order chi connectivity index (χ0) is 19.8. The first-order valence-corrected chi connectivity index (χ1v) is 9.28. The molecule has 3 aromatic rings. The quantitative estimate of drug-likeness (QED) is 0.694. The first-order valence-electron chi connectivity index (χ1n) is 9.28. The van der Waals surface area contributed by atoms with Gasteiger partial charge in [-0.3, -0.25) is 18.8 Å². The molecule has 4 rings (SSSR count). The van der Waals surface area contributed by atoms with Crippen LogP contribution in [-0.4, -0.2) is 49.8 Å². The van der Waals surface area contributed by atoms with E-state index in [2.05, 4.69) is 15.2 Å². The minimum atomic E-state index is -0.393. The van der Waals surface area contributed by atoms with Crippen LogP contribution in [0.15, 0.2) is 40.2 Å². The number of nitrogens with one attached hydrogen (secondary N) is 1. The molecule has 2 aromatic heterocycles. The van der Waals surface area contributed by atoms with E-state index in [1.165, 1.54) is 17.7 Å². The summed E-state index contributed by atoms with van der Waals surface area (Å²) >= 11 is 0. The number of hydrogen-bond acceptors (Lipinski definition) is 5. The summed E-state index contributed by atoms with van der Waals surface area (Å²) in [7, 11) is 3.08. The Hall–Kier alpha value is -2.78. The van der Waals surface area contributed by atoms with Gasteiger partial charge in [-0.15, -0.1) is 0 Å². The van der Waals surface area contributed by atoms with E-state index >= 15 is 0 Å². The highest BCUT2D eigenvalue weighted by Gasteiger charge is 2.24. The lowest BCUT2D eigenvalue weighted by Gasteiger charge is -2.36. The first kappa shape index (κ1) is 18.6. The number of halogens is 1. The van der Waals surface area contributed by atoms with Crippen LogP contribution in [0, 0.1) is 5.82 Å². The summed E-state index contributed by atoms with van der Waals surface area (Å²) in [6.07, 6.45) is 1.60. The van der Waals surface area contributed by atoms with Crippen molar-refractivity contribution >= 4 is 11.2 Å². The van der Waals surface area contributed by atoms with Crippen molar-refractivity contribution in [2.24, 2.45) is 14.1 Å².